The van der Waals surface area contributed by atoms with Crippen LogP contribution in [0.2, 0.25) is 0 Å². The average molecular weight is 436 g/mol. The molecule has 1 aromatic heterocycles. The summed E-state index contributed by atoms with van der Waals surface area (Å²) in [6, 6.07) is 18.6. The SMILES string of the molecule is CCN1CC(CN(C)C(=O)c2cccc(NC(=O)c3cccs3)c2)Oc2ccccc21. The molecule has 31 heavy (non-hydrogen) atoms. The predicted octanol–water partition coefficient (Wildman–Crippen LogP) is 4.36. The first-order valence-corrected chi connectivity index (χ1v) is 11.1. The van der Waals surface area contributed by atoms with Crippen molar-refractivity contribution in [2.24, 2.45) is 0 Å². The van der Waals surface area contributed by atoms with Crippen LogP contribution in [-0.2, 0) is 0 Å². The van der Waals surface area contributed by atoms with Gasteiger partial charge >= 0.3 is 0 Å². The van der Waals surface area contributed by atoms with Crippen LogP contribution in [0.25, 0.3) is 0 Å². The largest absolute Gasteiger partial charge is 0.485 e. The van der Waals surface area contributed by atoms with Crippen LogP contribution in [-0.4, -0.2) is 49.5 Å². The van der Waals surface area contributed by atoms with Gasteiger partial charge in [0.05, 0.1) is 23.7 Å². The van der Waals surface area contributed by atoms with E-state index in [0.29, 0.717) is 22.7 Å². The lowest BCUT2D eigenvalue weighted by Crippen LogP contribution is -2.46. The van der Waals surface area contributed by atoms with Crippen molar-refractivity contribution in [1.82, 2.24) is 4.90 Å². The Morgan fingerprint density at radius 1 is 1.16 bits per heavy atom. The number of hydrogen-bond donors (Lipinski definition) is 1. The van der Waals surface area contributed by atoms with Crippen molar-refractivity contribution >= 4 is 34.5 Å². The topological polar surface area (TPSA) is 61.9 Å². The molecule has 160 valence electrons. The second-order valence-electron chi connectivity index (χ2n) is 7.44. The third-order valence-corrected chi connectivity index (χ3v) is 6.11. The van der Waals surface area contributed by atoms with Crippen LogP contribution >= 0.6 is 11.3 Å². The van der Waals surface area contributed by atoms with E-state index < -0.39 is 0 Å². The third-order valence-electron chi connectivity index (χ3n) is 5.24. The molecule has 7 heteroatoms. The minimum atomic E-state index is -0.179. The number of amides is 2. The molecule has 1 atom stereocenters. The molecule has 1 aliphatic heterocycles. The van der Waals surface area contributed by atoms with Crippen molar-refractivity contribution in [1.29, 1.82) is 0 Å². The fourth-order valence-corrected chi connectivity index (χ4v) is 4.33. The molecule has 4 rings (SSSR count). The van der Waals surface area contributed by atoms with E-state index in [0.717, 1.165) is 24.5 Å². The first kappa shape index (κ1) is 20.9. The molecule has 1 unspecified atom stereocenters. The molecule has 0 saturated heterocycles. The summed E-state index contributed by atoms with van der Waals surface area (Å²) in [6.45, 7) is 4.18. The molecule has 2 aromatic carbocycles. The summed E-state index contributed by atoms with van der Waals surface area (Å²) < 4.78 is 6.15. The predicted molar refractivity (Wildman–Crippen MR) is 124 cm³/mol. The normalized spacial score (nSPS) is 15.0. The lowest BCUT2D eigenvalue weighted by Gasteiger charge is -2.37. The van der Waals surface area contributed by atoms with Gasteiger partial charge < -0.3 is 19.9 Å². The quantitative estimate of drug-likeness (QED) is 0.625. The molecule has 0 fully saturated rings. The Morgan fingerprint density at radius 3 is 2.77 bits per heavy atom. The molecule has 3 aromatic rings. The van der Waals surface area contributed by atoms with Crippen LogP contribution < -0.4 is 15.0 Å². The molecular weight excluding hydrogens is 410 g/mol. The first-order valence-electron chi connectivity index (χ1n) is 10.3. The zero-order valence-corrected chi connectivity index (χ0v) is 18.4. The number of fused-ring (bicyclic) bond motifs is 1. The lowest BCUT2D eigenvalue weighted by molar-refractivity contribution is 0.0709. The Hall–Kier alpha value is -3.32. The van der Waals surface area contributed by atoms with Gasteiger partial charge in [0.25, 0.3) is 11.8 Å². The fourth-order valence-electron chi connectivity index (χ4n) is 3.71. The molecule has 1 aliphatic rings. The van der Waals surface area contributed by atoms with Gasteiger partial charge in [-0.3, -0.25) is 9.59 Å². The van der Waals surface area contributed by atoms with Crippen molar-refractivity contribution in [2.45, 2.75) is 13.0 Å². The van der Waals surface area contributed by atoms with Crippen molar-refractivity contribution in [3.05, 3.63) is 76.5 Å². The van der Waals surface area contributed by atoms with Crippen LogP contribution in [0.15, 0.2) is 66.0 Å². The number of hydrogen-bond acceptors (Lipinski definition) is 5. The fraction of sp³-hybridized carbons (Fsp3) is 0.250. The van der Waals surface area contributed by atoms with Gasteiger partial charge in [-0.25, -0.2) is 0 Å². The third kappa shape index (κ3) is 4.72. The number of likely N-dealkylation sites (N-methyl/N-ethyl adjacent to an activating group) is 2. The van der Waals surface area contributed by atoms with Crippen LogP contribution in [0.5, 0.6) is 5.75 Å². The molecule has 2 amide bonds. The second kappa shape index (κ2) is 9.22. The highest BCUT2D eigenvalue weighted by molar-refractivity contribution is 7.12. The van der Waals surface area contributed by atoms with E-state index in [-0.39, 0.29) is 17.9 Å². The number of rotatable bonds is 6. The zero-order valence-electron chi connectivity index (χ0n) is 17.6. The van der Waals surface area contributed by atoms with E-state index in [1.807, 2.05) is 29.6 Å². The van der Waals surface area contributed by atoms with Gasteiger partial charge in [-0.15, -0.1) is 11.3 Å². The van der Waals surface area contributed by atoms with Crippen molar-refractivity contribution in [2.75, 3.05) is 36.9 Å². The number of ether oxygens (including phenoxy) is 1. The van der Waals surface area contributed by atoms with E-state index in [9.17, 15) is 9.59 Å². The van der Waals surface area contributed by atoms with E-state index in [1.165, 1.54) is 11.3 Å². The first-order chi connectivity index (χ1) is 15.0. The summed E-state index contributed by atoms with van der Waals surface area (Å²) in [5, 5.41) is 4.71. The molecule has 0 bridgehead atoms. The lowest BCUT2D eigenvalue weighted by atomic mass is 10.1. The Labute approximate surface area is 186 Å². The highest BCUT2D eigenvalue weighted by Gasteiger charge is 2.27. The number of nitrogens with one attached hydrogen (secondary N) is 1. The molecule has 6 nitrogen and oxygen atoms in total. The number of carbonyl (C=O) groups excluding carboxylic acids is 2. The van der Waals surface area contributed by atoms with Gasteiger partial charge in [0.2, 0.25) is 0 Å². The number of nitrogens with zero attached hydrogens (tertiary/aromatic N) is 2. The minimum Gasteiger partial charge on any atom is -0.485 e. The molecule has 0 saturated carbocycles. The maximum Gasteiger partial charge on any atom is 0.265 e. The Morgan fingerprint density at radius 2 is 2.00 bits per heavy atom. The maximum atomic E-state index is 13.0. The smallest absolute Gasteiger partial charge is 0.265 e. The van der Waals surface area contributed by atoms with Gasteiger partial charge in [-0.2, -0.15) is 0 Å². The molecule has 0 spiro atoms. The Balaban J connectivity index is 1.42. The summed E-state index contributed by atoms with van der Waals surface area (Å²) in [5.74, 6) is 0.555. The van der Waals surface area contributed by atoms with Crippen LogP contribution in [0.4, 0.5) is 11.4 Å². The Kier molecular flexibility index (Phi) is 6.23. The summed E-state index contributed by atoms with van der Waals surface area (Å²) in [6.07, 6.45) is -0.120. The average Bonchev–Trinajstić information content (AvgIpc) is 3.33. The zero-order chi connectivity index (χ0) is 21.8. The number of para-hydroxylation sites is 2. The van der Waals surface area contributed by atoms with Gasteiger partial charge in [0.15, 0.2) is 0 Å². The van der Waals surface area contributed by atoms with E-state index >= 15 is 0 Å². The van der Waals surface area contributed by atoms with Gasteiger partial charge in [0, 0.05) is 24.8 Å². The van der Waals surface area contributed by atoms with E-state index in [2.05, 4.69) is 23.2 Å². The number of carbonyl (C=O) groups is 2. The van der Waals surface area contributed by atoms with E-state index in [1.54, 1.807) is 42.3 Å². The second-order valence-corrected chi connectivity index (χ2v) is 8.39. The van der Waals surface area contributed by atoms with E-state index in [4.69, 9.17) is 4.74 Å². The molecule has 0 radical (unpaired) electrons. The summed E-state index contributed by atoms with van der Waals surface area (Å²) in [7, 11) is 1.78. The maximum absolute atomic E-state index is 13.0. The van der Waals surface area contributed by atoms with Gasteiger partial charge in [-0.1, -0.05) is 24.3 Å². The highest BCUT2D eigenvalue weighted by Crippen LogP contribution is 2.33. The number of anilines is 2. The number of benzene rings is 2. The van der Waals surface area contributed by atoms with Gasteiger partial charge in [-0.05, 0) is 48.7 Å². The van der Waals surface area contributed by atoms with Crippen LogP contribution in [0.3, 0.4) is 0 Å². The monoisotopic (exact) mass is 435 g/mol. The number of thiophene rings is 1. The summed E-state index contributed by atoms with van der Waals surface area (Å²) in [4.78, 5) is 29.9. The van der Waals surface area contributed by atoms with Crippen molar-refractivity contribution in [3.63, 3.8) is 0 Å². The summed E-state index contributed by atoms with van der Waals surface area (Å²) in [5.41, 5.74) is 2.21. The van der Waals surface area contributed by atoms with Crippen molar-refractivity contribution in [3.8, 4) is 5.75 Å². The Bertz CT molecular complexity index is 1070. The highest BCUT2D eigenvalue weighted by atomic mass is 32.1. The van der Waals surface area contributed by atoms with Crippen LogP contribution in [0.1, 0.15) is 27.0 Å². The summed E-state index contributed by atoms with van der Waals surface area (Å²) >= 11 is 1.38. The minimum absolute atomic E-state index is 0.113. The van der Waals surface area contributed by atoms with Crippen molar-refractivity contribution < 1.29 is 14.3 Å². The molecule has 0 aliphatic carbocycles. The molecular formula is C24H25N3O3S. The standard InChI is InChI=1S/C24H25N3O3S/c1-3-27-16-19(30-21-11-5-4-10-20(21)27)15-26(2)24(29)17-8-6-9-18(14-17)25-23(28)22-12-7-13-31-22/h4-14,19H,3,15-16H2,1-2H3,(H,25,28). The molecule has 1 N–H and O–H groups in total. The van der Waals surface area contributed by atoms with Gasteiger partial charge in [0.1, 0.15) is 11.9 Å². The molecule has 2 heterocycles. The van der Waals surface area contributed by atoms with Crippen LogP contribution in [0, 0.1) is 0 Å².